The van der Waals surface area contributed by atoms with Gasteiger partial charge in [-0.1, -0.05) is 12.1 Å². The molecule has 2 aromatic carbocycles. The molecule has 0 aliphatic rings. The van der Waals surface area contributed by atoms with Gasteiger partial charge in [-0.05, 0) is 69.7 Å². The monoisotopic (exact) mass is 318 g/mol. The zero-order chi connectivity index (χ0) is 16.4. The van der Waals surface area contributed by atoms with Crippen LogP contribution in [0.1, 0.15) is 26.3 Å². The molecule has 0 bridgehead atoms. The van der Waals surface area contributed by atoms with E-state index in [0.717, 1.165) is 11.3 Å². The summed E-state index contributed by atoms with van der Waals surface area (Å²) in [6.07, 6.45) is 0. The molecule has 2 N–H and O–H groups in total. The zero-order valence-electron chi connectivity index (χ0n) is 13.3. The van der Waals surface area contributed by atoms with E-state index in [0.29, 0.717) is 5.69 Å². The van der Waals surface area contributed by atoms with Crippen LogP contribution >= 0.6 is 0 Å². The zero-order valence-corrected chi connectivity index (χ0v) is 14.2. The Hall–Kier alpha value is -2.01. The highest BCUT2D eigenvalue weighted by atomic mass is 32.2. The van der Waals surface area contributed by atoms with Crippen LogP contribution < -0.4 is 10.0 Å². The third kappa shape index (κ3) is 4.49. The van der Waals surface area contributed by atoms with Gasteiger partial charge in [-0.3, -0.25) is 4.72 Å². The molecule has 0 amide bonds. The van der Waals surface area contributed by atoms with Gasteiger partial charge in [0.15, 0.2) is 0 Å². The molecule has 2 rings (SSSR count). The molecule has 0 fully saturated rings. The minimum absolute atomic E-state index is 0.0391. The average Bonchev–Trinajstić information content (AvgIpc) is 2.39. The van der Waals surface area contributed by atoms with Gasteiger partial charge in [0, 0.05) is 16.9 Å². The molecule has 5 heteroatoms. The van der Waals surface area contributed by atoms with Crippen molar-refractivity contribution in [2.45, 2.75) is 38.1 Å². The third-order valence-corrected chi connectivity index (χ3v) is 4.34. The van der Waals surface area contributed by atoms with E-state index in [9.17, 15) is 8.42 Å². The van der Waals surface area contributed by atoms with Crippen molar-refractivity contribution in [3.05, 3.63) is 54.1 Å². The lowest BCUT2D eigenvalue weighted by Gasteiger charge is -2.22. The lowest BCUT2D eigenvalue weighted by atomic mass is 10.1. The summed E-state index contributed by atoms with van der Waals surface area (Å²) in [6.45, 7) is 8.08. The summed E-state index contributed by atoms with van der Waals surface area (Å²) in [5.74, 6) is 0. The second kappa shape index (κ2) is 6.01. The van der Waals surface area contributed by atoms with Gasteiger partial charge in [0.1, 0.15) is 0 Å². The van der Waals surface area contributed by atoms with Gasteiger partial charge in [0.2, 0.25) is 0 Å². The number of anilines is 2. The highest BCUT2D eigenvalue weighted by molar-refractivity contribution is 7.92. The van der Waals surface area contributed by atoms with E-state index in [-0.39, 0.29) is 10.4 Å². The van der Waals surface area contributed by atoms with Crippen LogP contribution in [0.25, 0.3) is 0 Å². The number of benzene rings is 2. The van der Waals surface area contributed by atoms with Gasteiger partial charge in [0.25, 0.3) is 10.0 Å². The van der Waals surface area contributed by atoms with Gasteiger partial charge < -0.3 is 5.32 Å². The summed E-state index contributed by atoms with van der Waals surface area (Å²) in [5.41, 5.74) is 2.36. The van der Waals surface area contributed by atoms with E-state index < -0.39 is 10.0 Å². The highest BCUT2D eigenvalue weighted by Crippen LogP contribution is 2.20. The Morgan fingerprint density at radius 1 is 0.909 bits per heavy atom. The second-order valence-electron chi connectivity index (χ2n) is 6.37. The van der Waals surface area contributed by atoms with E-state index in [1.54, 1.807) is 30.3 Å². The molecule has 0 aliphatic carbocycles. The second-order valence-corrected chi connectivity index (χ2v) is 8.06. The first-order valence-electron chi connectivity index (χ1n) is 7.13. The summed E-state index contributed by atoms with van der Waals surface area (Å²) in [7, 11) is -3.55. The molecular weight excluding hydrogens is 296 g/mol. The Morgan fingerprint density at radius 3 is 2.05 bits per heavy atom. The molecule has 0 unspecified atom stereocenters. The normalized spacial score (nSPS) is 12.0. The Balaban J connectivity index is 2.17. The maximum atomic E-state index is 12.3. The van der Waals surface area contributed by atoms with Crippen LogP contribution in [0.3, 0.4) is 0 Å². The largest absolute Gasteiger partial charge is 0.380 e. The van der Waals surface area contributed by atoms with Crippen molar-refractivity contribution < 1.29 is 8.42 Å². The fourth-order valence-electron chi connectivity index (χ4n) is 2.05. The quantitative estimate of drug-likeness (QED) is 0.895. The molecule has 2 aromatic rings. The first kappa shape index (κ1) is 16.4. The minimum Gasteiger partial charge on any atom is -0.380 e. The summed E-state index contributed by atoms with van der Waals surface area (Å²) >= 11 is 0. The van der Waals surface area contributed by atoms with Crippen molar-refractivity contribution in [3.8, 4) is 0 Å². The Labute approximate surface area is 132 Å². The van der Waals surface area contributed by atoms with Crippen LogP contribution in [0.15, 0.2) is 53.4 Å². The molecule has 118 valence electrons. The predicted octanol–water partition coefficient (Wildman–Crippen LogP) is 4.01. The fourth-order valence-corrected chi connectivity index (χ4v) is 3.21. The number of aryl methyl sites for hydroxylation is 1. The lowest BCUT2D eigenvalue weighted by molar-refractivity contribution is 0.601. The molecule has 0 heterocycles. The standard InChI is InChI=1S/C17H22N2O2S/c1-13-6-5-7-16(12-13)22(20,21)19-15-10-8-14(9-11-15)18-17(2,3)4/h5-12,18-19H,1-4H3. The Kier molecular flexibility index (Phi) is 4.47. The maximum absolute atomic E-state index is 12.3. The van der Waals surface area contributed by atoms with Crippen molar-refractivity contribution in [2.24, 2.45) is 0 Å². The molecule has 0 aromatic heterocycles. The summed E-state index contributed by atoms with van der Waals surface area (Å²) < 4.78 is 27.3. The van der Waals surface area contributed by atoms with E-state index in [1.165, 1.54) is 0 Å². The average molecular weight is 318 g/mol. The maximum Gasteiger partial charge on any atom is 0.261 e. The van der Waals surface area contributed by atoms with Gasteiger partial charge in [-0.25, -0.2) is 8.42 Å². The topological polar surface area (TPSA) is 58.2 Å². The van der Waals surface area contributed by atoms with Crippen molar-refractivity contribution in [1.82, 2.24) is 0 Å². The SMILES string of the molecule is Cc1cccc(S(=O)(=O)Nc2ccc(NC(C)(C)C)cc2)c1. The van der Waals surface area contributed by atoms with Crippen molar-refractivity contribution in [2.75, 3.05) is 10.0 Å². The molecule has 22 heavy (non-hydrogen) atoms. The number of hydrogen-bond acceptors (Lipinski definition) is 3. The Morgan fingerprint density at radius 2 is 1.50 bits per heavy atom. The van der Waals surface area contributed by atoms with Gasteiger partial charge in [-0.15, -0.1) is 0 Å². The molecule has 0 atom stereocenters. The first-order valence-corrected chi connectivity index (χ1v) is 8.62. The van der Waals surface area contributed by atoms with E-state index >= 15 is 0 Å². The lowest BCUT2D eigenvalue weighted by Crippen LogP contribution is -2.25. The van der Waals surface area contributed by atoms with Crippen molar-refractivity contribution in [1.29, 1.82) is 0 Å². The smallest absolute Gasteiger partial charge is 0.261 e. The summed E-state index contributed by atoms with van der Waals surface area (Å²) in [5, 5.41) is 3.33. The van der Waals surface area contributed by atoms with Crippen LogP contribution in [0.5, 0.6) is 0 Å². The number of sulfonamides is 1. The molecule has 0 saturated heterocycles. The van der Waals surface area contributed by atoms with E-state index in [2.05, 4.69) is 30.8 Å². The highest BCUT2D eigenvalue weighted by Gasteiger charge is 2.14. The first-order chi connectivity index (χ1) is 10.2. The van der Waals surface area contributed by atoms with Gasteiger partial charge in [0.05, 0.1) is 4.90 Å². The van der Waals surface area contributed by atoms with Crippen LogP contribution in [0, 0.1) is 6.92 Å². The number of nitrogens with one attached hydrogen (secondary N) is 2. The third-order valence-electron chi connectivity index (χ3n) is 2.96. The van der Waals surface area contributed by atoms with Crippen LogP contribution in [0.2, 0.25) is 0 Å². The van der Waals surface area contributed by atoms with Crippen molar-refractivity contribution >= 4 is 21.4 Å². The predicted molar refractivity (Wildman–Crippen MR) is 91.8 cm³/mol. The number of rotatable bonds is 4. The summed E-state index contributed by atoms with van der Waals surface area (Å²) in [6, 6.07) is 14.1. The molecule has 0 saturated carbocycles. The molecular formula is C17H22N2O2S. The van der Waals surface area contributed by atoms with Crippen LogP contribution in [-0.2, 0) is 10.0 Å². The fraction of sp³-hybridized carbons (Fsp3) is 0.294. The van der Waals surface area contributed by atoms with Gasteiger partial charge >= 0.3 is 0 Å². The number of hydrogen-bond donors (Lipinski definition) is 2. The molecule has 0 spiro atoms. The molecule has 0 radical (unpaired) electrons. The van der Waals surface area contributed by atoms with E-state index in [4.69, 9.17) is 0 Å². The minimum atomic E-state index is -3.55. The van der Waals surface area contributed by atoms with Gasteiger partial charge in [-0.2, -0.15) is 0 Å². The Bertz CT molecular complexity index is 745. The van der Waals surface area contributed by atoms with Crippen LogP contribution in [0.4, 0.5) is 11.4 Å². The van der Waals surface area contributed by atoms with Crippen LogP contribution in [-0.4, -0.2) is 14.0 Å². The van der Waals surface area contributed by atoms with Crippen molar-refractivity contribution in [3.63, 3.8) is 0 Å². The summed E-state index contributed by atoms with van der Waals surface area (Å²) in [4.78, 5) is 0.268. The molecule has 0 aliphatic heterocycles. The molecule has 4 nitrogen and oxygen atoms in total. The van der Waals surface area contributed by atoms with E-state index in [1.807, 2.05) is 25.1 Å².